The van der Waals surface area contributed by atoms with Gasteiger partial charge in [-0.25, -0.2) is 4.79 Å². The first-order valence-corrected chi connectivity index (χ1v) is 10.4. The van der Waals surface area contributed by atoms with E-state index in [2.05, 4.69) is 55.5 Å². The molecule has 0 fully saturated rings. The van der Waals surface area contributed by atoms with Crippen LogP contribution in [0, 0.1) is 0 Å². The zero-order valence-corrected chi connectivity index (χ0v) is 17.2. The SMILES string of the molecule is CCC=CCC=CCCCCC=CCC=CCCC=COC(CC)C(=O)O. The van der Waals surface area contributed by atoms with Crippen LogP contribution in [0.25, 0.3) is 0 Å². The summed E-state index contributed by atoms with van der Waals surface area (Å²) in [5, 5.41) is 8.84. The van der Waals surface area contributed by atoms with Gasteiger partial charge in [-0.15, -0.1) is 0 Å². The van der Waals surface area contributed by atoms with Gasteiger partial charge in [0, 0.05) is 0 Å². The van der Waals surface area contributed by atoms with Crippen molar-refractivity contribution in [2.45, 2.75) is 84.2 Å². The van der Waals surface area contributed by atoms with Gasteiger partial charge in [-0.05, 0) is 70.3 Å². The molecular formula is C24H38O3. The molecule has 0 aliphatic heterocycles. The molecule has 0 heterocycles. The van der Waals surface area contributed by atoms with E-state index in [4.69, 9.17) is 9.84 Å². The molecule has 0 aromatic heterocycles. The van der Waals surface area contributed by atoms with Crippen molar-refractivity contribution < 1.29 is 14.6 Å². The topological polar surface area (TPSA) is 46.5 Å². The standard InChI is InChI=1S/C24H38O3/c1-3-5-6-7-8-9-10-11-12-13-14-15-16-17-18-19-20-21-22-27-23(4-2)24(25)26/h5-6,8-9,14-15,17-18,21-23H,3-4,7,10-13,16,19-20H2,1-2H3,(H,25,26). The third kappa shape index (κ3) is 18.6. The van der Waals surface area contributed by atoms with Crippen LogP contribution < -0.4 is 0 Å². The first-order valence-electron chi connectivity index (χ1n) is 10.4. The van der Waals surface area contributed by atoms with E-state index in [1.165, 1.54) is 25.5 Å². The summed E-state index contributed by atoms with van der Waals surface area (Å²) in [5.41, 5.74) is 0. The normalized spacial score (nSPS) is 13.7. The van der Waals surface area contributed by atoms with Crippen molar-refractivity contribution in [3.8, 4) is 0 Å². The Balaban J connectivity index is 3.50. The van der Waals surface area contributed by atoms with Gasteiger partial charge in [-0.1, -0.05) is 62.5 Å². The van der Waals surface area contributed by atoms with E-state index in [1.54, 1.807) is 6.92 Å². The summed E-state index contributed by atoms with van der Waals surface area (Å²) in [6, 6.07) is 0. The Morgan fingerprint density at radius 3 is 1.81 bits per heavy atom. The Morgan fingerprint density at radius 1 is 0.778 bits per heavy atom. The number of hydrogen-bond donors (Lipinski definition) is 1. The van der Waals surface area contributed by atoms with Crippen LogP contribution in [0.15, 0.2) is 60.9 Å². The molecule has 0 aliphatic rings. The van der Waals surface area contributed by atoms with Gasteiger partial charge in [0.05, 0.1) is 6.26 Å². The number of ether oxygens (including phenoxy) is 1. The number of hydrogen-bond acceptors (Lipinski definition) is 2. The van der Waals surface area contributed by atoms with Gasteiger partial charge in [0.15, 0.2) is 6.10 Å². The number of rotatable bonds is 17. The summed E-state index contributed by atoms with van der Waals surface area (Å²) in [4.78, 5) is 10.8. The monoisotopic (exact) mass is 374 g/mol. The molecule has 1 unspecified atom stereocenters. The molecule has 0 aliphatic carbocycles. The summed E-state index contributed by atoms with van der Waals surface area (Å²) < 4.78 is 5.16. The molecular weight excluding hydrogens is 336 g/mol. The predicted molar refractivity (Wildman–Crippen MR) is 116 cm³/mol. The number of carboxylic acid groups (broad SMARTS) is 1. The van der Waals surface area contributed by atoms with E-state index in [1.807, 2.05) is 6.08 Å². The lowest BCUT2D eigenvalue weighted by Crippen LogP contribution is -2.20. The molecule has 0 amide bonds. The van der Waals surface area contributed by atoms with Crippen LogP contribution in [0.5, 0.6) is 0 Å². The van der Waals surface area contributed by atoms with Gasteiger partial charge in [-0.3, -0.25) is 0 Å². The molecule has 1 atom stereocenters. The minimum atomic E-state index is -0.912. The van der Waals surface area contributed by atoms with Crippen LogP contribution in [0.3, 0.4) is 0 Å². The van der Waals surface area contributed by atoms with Crippen molar-refractivity contribution in [2.75, 3.05) is 0 Å². The molecule has 0 radical (unpaired) electrons. The Kier molecular flexibility index (Phi) is 18.8. The fraction of sp³-hybridized carbons (Fsp3) is 0.542. The lowest BCUT2D eigenvalue weighted by atomic mass is 10.1. The lowest BCUT2D eigenvalue weighted by Gasteiger charge is -2.08. The molecule has 0 rings (SSSR count). The Morgan fingerprint density at radius 2 is 1.30 bits per heavy atom. The zero-order valence-electron chi connectivity index (χ0n) is 17.2. The maximum absolute atomic E-state index is 10.8. The maximum Gasteiger partial charge on any atom is 0.344 e. The second kappa shape index (κ2) is 20.3. The molecule has 0 aromatic rings. The van der Waals surface area contributed by atoms with Crippen LogP contribution >= 0.6 is 0 Å². The van der Waals surface area contributed by atoms with Gasteiger partial charge < -0.3 is 9.84 Å². The highest BCUT2D eigenvalue weighted by molar-refractivity contribution is 5.72. The molecule has 0 aromatic carbocycles. The van der Waals surface area contributed by atoms with Gasteiger partial charge in [-0.2, -0.15) is 0 Å². The summed E-state index contributed by atoms with van der Waals surface area (Å²) in [7, 11) is 0. The predicted octanol–water partition coefficient (Wildman–Crippen LogP) is 7.14. The van der Waals surface area contributed by atoms with Crippen molar-refractivity contribution in [1.82, 2.24) is 0 Å². The Bertz CT molecular complexity index is 484. The van der Waals surface area contributed by atoms with Crippen molar-refractivity contribution >= 4 is 5.97 Å². The van der Waals surface area contributed by atoms with Crippen LogP contribution in [0.2, 0.25) is 0 Å². The highest BCUT2D eigenvalue weighted by Gasteiger charge is 2.13. The van der Waals surface area contributed by atoms with Crippen LogP contribution in [-0.4, -0.2) is 17.2 Å². The second-order valence-electron chi connectivity index (χ2n) is 6.37. The summed E-state index contributed by atoms with van der Waals surface area (Å²) in [6.45, 7) is 3.96. The van der Waals surface area contributed by atoms with E-state index in [0.717, 1.165) is 38.5 Å². The molecule has 0 spiro atoms. The molecule has 27 heavy (non-hydrogen) atoms. The Labute approximate surface area is 166 Å². The first kappa shape index (κ1) is 25.0. The average molecular weight is 375 g/mol. The molecule has 3 nitrogen and oxygen atoms in total. The van der Waals surface area contributed by atoms with Crippen molar-refractivity contribution in [1.29, 1.82) is 0 Å². The maximum atomic E-state index is 10.8. The molecule has 1 N–H and O–H groups in total. The lowest BCUT2D eigenvalue weighted by molar-refractivity contribution is -0.147. The van der Waals surface area contributed by atoms with Crippen LogP contribution in [-0.2, 0) is 9.53 Å². The highest BCUT2D eigenvalue weighted by Crippen LogP contribution is 2.04. The fourth-order valence-corrected chi connectivity index (χ4v) is 2.33. The summed E-state index contributed by atoms with van der Waals surface area (Å²) >= 11 is 0. The number of allylic oxidation sites excluding steroid dienone is 9. The van der Waals surface area contributed by atoms with Gasteiger partial charge in [0.25, 0.3) is 0 Å². The third-order valence-electron chi connectivity index (χ3n) is 3.92. The van der Waals surface area contributed by atoms with E-state index in [-0.39, 0.29) is 0 Å². The summed E-state index contributed by atoms with van der Waals surface area (Å²) in [6.07, 6.45) is 30.7. The number of carboxylic acids is 1. The molecule has 0 bridgehead atoms. The molecule has 0 saturated heterocycles. The van der Waals surface area contributed by atoms with Crippen LogP contribution in [0.1, 0.15) is 78.1 Å². The van der Waals surface area contributed by atoms with Crippen molar-refractivity contribution in [3.05, 3.63) is 60.9 Å². The van der Waals surface area contributed by atoms with E-state index < -0.39 is 12.1 Å². The van der Waals surface area contributed by atoms with E-state index in [0.29, 0.717) is 6.42 Å². The highest BCUT2D eigenvalue weighted by atomic mass is 16.5. The number of aliphatic carboxylic acids is 1. The van der Waals surface area contributed by atoms with Crippen LogP contribution in [0.4, 0.5) is 0 Å². The number of carbonyl (C=O) groups is 1. The quantitative estimate of drug-likeness (QED) is 0.167. The van der Waals surface area contributed by atoms with Crippen molar-refractivity contribution in [3.63, 3.8) is 0 Å². The second-order valence-corrected chi connectivity index (χ2v) is 6.37. The molecule has 152 valence electrons. The van der Waals surface area contributed by atoms with E-state index >= 15 is 0 Å². The minimum absolute atomic E-state index is 0.471. The third-order valence-corrected chi connectivity index (χ3v) is 3.92. The smallest absolute Gasteiger partial charge is 0.344 e. The zero-order chi connectivity index (χ0) is 20.0. The Hall–Kier alpha value is -2.03. The molecule has 0 saturated carbocycles. The van der Waals surface area contributed by atoms with Gasteiger partial charge in [0.2, 0.25) is 0 Å². The number of unbranched alkanes of at least 4 members (excludes halogenated alkanes) is 4. The minimum Gasteiger partial charge on any atom is -0.487 e. The first-order chi connectivity index (χ1) is 13.2. The largest absolute Gasteiger partial charge is 0.487 e. The van der Waals surface area contributed by atoms with Gasteiger partial charge in [0.1, 0.15) is 0 Å². The fourth-order valence-electron chi connectivity index (χ4n) is 2.33. The average Bonchev–Trinajstić information content (AvgIpc) is 2.66. The van der Waals surface area contributed by atoms with Gasteiger partial charge >= 0.3 is 5.97 Å². The van der Waals surface area contributed by atoms with Crippen molar-refractivity contribution in [2.24, 2.45) is 0 Å². The molecule has 3 heteroatoms. The summed E-state index contributed by atoms with van der Waals surface area (Å²) in [5.74, 6) is -0.912. The van der Waals surface area contributed by atoms with E-state index in [9.17, 15) is 4.79 Å².